The minimum absolute atomic E-state index is 0.00409. The quantitative estimate of drug-likeness (QED) is 0.855. The number of carboxylic acids is 1. The zero-order chi connectivity index (χ0) is 17.0. The molecule has 1 amide bonds. The molecule has 1 heterocycles. The highest BCUT2D eigenvalue weighted by atomic mass is 16.5. The number of hydrogen-bond donors (Lipinski definition) is 2. The van der Waals surface area contributed by atoms with Crippen LogP contribution in [0.15, 0.2) is 34.9 Å². The van der Waals surface area contributed by atoms with Crippen molar-refractivity contribution in [3.63, 3.8) is 0 Å². The topological polar surface area (TPSA) is 92.4 Å². The fourth-order valence-corrected chi connectivity index (χ4v) is 2.16. The molecule has 0 aliphatic rings. The van der Waals surface area contributed by atoms with Gasteiger partial charge in [-0.15, -0.1) is 0 Å². The average Bonchev–Trinajstić information content (AvgIpc) is 2.96. The molecule has 2 rings (SSSR count). The Bertz CT molecular complexity index is 689. The minimum Gasteiger partial charge on any atom is -0.480 e. The summed E-state index contributed by atoms with van der Waals surface area (Å²) in [5.41, 5.74) is 2.48. The van der Waals surface area contributed by atoms with Crippen LogP contribution >= 0.6 is 0 Å². The lowest BCUT2D eigenvalue weighted by atomic mass is 10.0. The average molecular weight is 316 g/mol. The van der Waals surface area contributed by atoms with Gasteiger partial charge in [-0.2, -0.15) is 0 Å². The molecule has 0 bridgehead atoms. The molecular weight excluding hydrogens is 296 g/mol. The van der Waals surface area contributed by atoms with Crippen molar-refractivity contribution in [2.75, 3.05) is 0 Å². The lowest BCUT2D eigenvalue weighted by molar-refractivity contribution is -0.139. The predicted molar refractivity (Wildman–Crippen MR) is 85.0 cm³/mol. The largest absolute Gasteiger partial charge is 0.480 e. The molecule has 0 saturated heterocycles. The van der Waals surface area contributed by atoms with E-state index in [1.54, 1.807) is 0 Å². The van der Waals surface area contributed by atoms with E-state index in [2.05, 4.69) is 10.5 Å². The molecule has 2 N–H and O–H groups in total. The first-order chi connectivity index (χ1) is 10.9. The lowest BCUT2D eigenvalue weighted by Gasteiger charge is -2.15. The van der Waals surface area contributed by atoms with Crippen LogP contribution in [0, 0.1) is 12.8 Å². The third-order valence-electron chi connectivity index (χ3n) is 3.39. The Labute approximate surface area is 134 Å². The number of hydrogen-bond acceptors (Lipinski definition) is 4. The number of nitrogens with one attached hydrogen (secondary N) is 1. The number of aryl methyl sites for hydroxylation is 1. The number of amides is 1. The monoisotopic (exact) mass is 316 g/mol. The molecule has 0 fully saturated rings. The molecule has 0 aliphatic heterocycles. The number of rotatable bonds is 6. The Hall–Kier alpha value is -2.63. The van der Waals surface area contributed by atoms with Crippen molar-refractivity contribution in [3.8, 4) is 11.3 Å². The van der Waals surface area contributed by atoms with Gasteiger partial charge < -0.3 is 14.9 Å². The van der Waals surface area contributed by atoms with Crippen molar-refractivity contribution in [1.29, 1.82) is 0 Å². The van der Waals surface area contributed by atoms with Crippen LogP contribution in [-0.2, 0) is 4.79 Å². The summed E-state index contributed by atoms with van der Waals surface area (Å²) < 4.78 is 5.04. The number of aliphatic carboxylic acids is 1. The second-order valence-electron chi connectivity index (χ2n) is 5.94. The lowest BCUT2D eigenvalue weighted by Crippen LogP contribution is -2.41. The van der Waals surface area contributed by atoms with Gasteiger partial charge in [-0.3, -0.25) is 4.79 Å². The molecule has 1 atom stereocenters. The molecular formula is C17H20N2O4. The van der Waals surface area contributed by atoms with Crippen LogP contribution in [0.2, 0.25) is 0 Å². The first-order valence-corrected chi connectivity index (χ1v) is 7.44. The van der Waals surface area contributed by atoms with Gasteiger partial charge in [-0.05, 0) is 19.3 Å². The highest BCUT2D eigenvalue weighted by Crippen LogP contribution is 2.19. The third-order valence-corrected chi connectivity index (χ3v) is 3.39. The first-order valence-electron chi connectivity index (χ1n) is 7.44. The Morgan fingerprint density at radius 2 is 1.91 bits per heavy atom. The number of nitrogens with zero attached hydrogens (tertiary/aromatic N) is 1. The SMILES string of the molecule is Cc1ccc(-c2cc(C(=O)N[C@@H](CC(C)C)C(=O)O)on2)cc1. The second kappa shape index (κ2) is 7.09. The fraction of sp³-hybridized carbons (Fsp3) is 0.353. The maximum Gasteiger partial charge on any atom is 0.326 e. The highest BCUT2D eigenvalue weighted by molar-refractivity contribution is 5.95. The van der Waals surface area contributed by atoms with Crippen molar-refractivity contribution in [1.82, 2.24) is 10.5 Å². The number of carboxylic acid groups (broad SMARTS) is 1. The molecule has 0 aliphatic carbocycles. The highest BCUT2D eigenvalue weighted by Gasteiger charge is 2.24. The van der Waals surface area contributed by atoms with Gasteiger partial charge >= 0.3 is 5.97 Å². The van der Waals surface area contributed by atoms with Crippen molar-refractivity contribution in [2.24, 2.45) is 5.92 Å². The van der Waals surface area contributed by atoms with Gasteiger partial charge in [0.1, 0.15) is 11.7 Å². The van der Waals surface area contributed by atoms with Crippen LogP contribution in [0.25, 0.3) is 11.3 Å². The van der Waals surface area contributed by atoms with Gasteiger partial charge in [0.05, 0.1) is 0 Å². The van der Waals surface area contributed by atoms with E-state index in [0.717, 1.165) is 11.1 Å². The molecule has 2 aromatic rings. The van der Waals surface area contributed by atoms with Gasteiger partial charge in [0, 0.05) is 11.6 Å². The number of carbonyl (C=O) groups excluding carboxylic acids is 1. The standard InChI is InChI=1S/C17H20N2O4/c1-10(2)8-14(17(21)22)18-16(20)15-9-13(19-23-15)12-6-4-11(3)5-7-12/h4-7,9-10,14H,8H2,1-3H3,(H,18,20)(H,21,22)/t14-/m0/s1. The molecule has 6 heteroatoms. The third kappa shape index (κ3) is 4.42. The van der Waals surface area contributed by atoms with Gasteiger partial charge in [0.15, 0.2) is 0 Å². The van der Waals surface area contributed by atoms with E-state index in [0.29, 0.717) is 12.1 Å². The van der Waals surface area contributed by atoms with Crippen molar-refractivity contribution < 1.29 is 19.2 Å². The van der Waals surface area contributed by atoms with E-state index in [4.69, 9.17) is 9.63 Å². The summed E-state index contributed by atoms with van der Waals surface area (Å²) in [4.78, 5) is 23.3. The summed E-state index contributed by atoms with van der Waals surface area (Å²) in [5.74, 6) is -1.50. The molecule has 1 aromatic heterocycles. The Kier molecular flexibility index (Phi) is 5.16. The molecule has 0 unspecified atom stereocenters. The van der Waals surface area contributed by atoms with Crippen molar-refractivity contribution in [2.45, 2.75) is 33.2 Å². The van der Waals surface area contributed by atoms with E-state index in [9.17, 15) is 9.59 Å². The fourth-order valence-electron chi connectivity index (χ4n) is 2.16. The molecule has 122 valence electrons. The van der Waals surface area contributed by atoms with Crippen LogP contribution in [-0.4, -0.2) is 28.2 Å². The van der Waals surface area contributed by atoms with Gasteiger partial charge in [0.25, 0.3) is 5.91 Å². The van der Waals surface area contributed by atoms with E-state index in [-0.39, 0.29) is 11.7 Å². The summed E-state index contributed by atoms with van der Waals surface area (Å²) in [6.45, 7) is 5.77. The number of benzene rings is 1. The molecule has 1 aromatic carbocycles. The summed E-state index contributed by atoms with van der Waals surface area (Å²) in [5, 5.41) is 15.5. The molecule has 6 nitrogen and oxygen atoms in total. The Balaban J connectivity index is 2.11. The normalized spacial score (nSPS) is 12.2. The van der Waals surface area contributed by atoms with Crippen LogP contribution in [0.3, 0.4) is 0 Å². The minimum atomic E-state index is -1.06. The number of carbonyl (C=O) groups is 2. The maximum atomic E-state index is 12.1. The summed E-state index contributed by atoms with van der Waals surface area (Å²) in [6, 6.07) is 8.20. The number of aromatic nitrogens is 1. The summed E-state index contributed by atoms with van der Waals surface area (Å²) >= 11 is 0. The van der Waals surface area contributed by atoms with E-state index in [1.165, 1.54) is 6.07 Å². The van der Waals surface area contributed by atoms with Crippen molar-refractivity contribution >= 4 is 11.9 Å². The van der Waals surface area contributed by atoms with Crippen molar-refractivity contribution in [3.05, 3.63) is 41.7 Å². The molecule has 0 radical (unpaired) electrons. The van der Waals surface area contributed by atoms with E-state index < -0.39 is 17.9 Å². The zero-order valence-electron chi connectivity index (χ0n) is 13.4. The molecule has 23 heavy (non-hydrogen) atoms. The van der Waals surface area contributed by atoms with Gasteiger partial charge in [-0.25, -0.2) is 4.79 Å². The summed E-state index contributed by atoms with van der Waals surface area (Å²) in [6.07, 6.45) is 0.347. The second-order valence-corrected chi connectivity index (χ2v) is 5.94. The van der Waals surface area contributed by atoms with E-state index >= 15 is 0 Å². The maximum absolute atomic E-state index is 12.1. The van der Waals surface area contributed by atoms with E-state index in [1.807, 2.05) is 45.0 Å². The predicted octanol–water partition coefficient (Wildman–Crippen LogP) is 2.88. The smallest absolute Gasteiger partial charge is 0.326 e. The van der Waals surface area contributed by atoms with Crippen LogP contribution < -0.4 is 5.32 Å². The molecule has 0 saturated carbocycles. The van der Waals surface area contributed by atoms with Gasteiger partial charge in [0.2, 0.25) is 5.76 Å². The van der Waals surface area contributed by atoms with Crippen LogP contribution in [0.1, 0.15) is 36.4 Å². The molecule has 0 spiro atoms. The van der Waals surface area contributed by atoms with Crippen LogP contribution in [0.5, 0.6) is 0 Å². The summed E-state index contributed by atoms with van der Waals surface area (Å²) in [7, 11) is 0. The van der Waals surface area contributed by atoms with Crippen LogP contribution in [0.4, 0.5) is 0 Å². The Morgan fingerprint density at radius 1 is 1.26 bits per heavy atom. The zero-order valence-corrected chi connectivity index (χ0v) is 13.4. The Morgan fingerprint density at radius 3 is 2.48 bits per heavy atom. The first kappa shape index (κ1) is 16.7. The van der Waals surface area contributed by atoms with Gasteiger partial charge in [-0.1, -0.05) is 48.8 Å².